The first-order valence-corrected chi connectivity index (χ1v) is 10.9. The van der Waals surface area contributed by atoms with Gasteiger partial charge in [0.1, 0.15) is 5.69 Å². The number of anilines is 1. The van der Waals surface area contributed by atoms with E-state index in [4.69, 9.17) is 16.3 Å². The molecule has 0 bridgehead atoms. The van der Waals surface area contributed by atoms with Crippen LogP contribution in [0.4, 0.5) is 5.69 Å². The molecule has 2 aromatic heterocycles. The summed E-state index contributed by atoms with van der Waals surface area (Å²) in [6, 6.07) is 5.33. The van der Waals surface area contributed by atoms with Gasteiger partial charge in [0.15, 0.2) is 0 Å². The van der Waals surface area contributed by atoms with E-state index in [-0.39, 0.29) is 0 Å². The molecule has 2 aliphatic heterocycles. The van der Waals surface area contributed by atoms with Crippen molar-refractivity contribution in [1.29, 1.82) is 0 Å². The highest BCUT2D eigenvalue weighted by atomic mass is 35.5. The highest BCUT2D eigenvalue weighted by Gasteiger charge is 2.29. The first-order chi connectivity index (χ1) is 14.3. The standard InChI is InChI=1S/C21H25ClN6O/c22-19-9-15-11-24-28(18-12-23-27(14-18)16-1-2-16)20(15)10-21(19)26-5-4-25-6-8-29-7-3-17(25)13-26/h9-12,14,16-17H,1-8,13H2/t17-/m1/s1. The van der Waals surface area contributed by atoms with Crippen LogP contribution in [0, 0.1) is 0 Å². The Labute approximate surface area is 174 Å². The van der Waals surface area contributed by atoms with Crippen LogP contribution in [0.15, 0.2) is 30.7 Å². The monoisotopic (exact) mass is 412 g/mol. The fraction of sp³-hybridized carbons (Fsp3) is 0.524. The Hall–Kier alpha value is -2.09. The zero-order valence-corrected chi connectivity index (χ0v) is 17.1. The summed E-state index contributed by atoms with van der Waals surface area (Å²) in [5, 5.41) is 11.0. The normalized spacial score (nSPS) is 23.3. The van der Waals surface area contributed by atoms with E-state index < -0.39 is 0 Å². The summed E-state index contributed by atoms with van der Waals surface area (Å²) in [6.45, 7) is 5.74. The van der Waals surface area contributed by atoms with E-state index in [1.165, 1.54) is 12.8 Å². The molecule has 3 fully saturated rings. The first kappa shape index (κ1) is 17.7. The molecule has 6 rings (SSSR count). The molecule has 0 unspecified atom stereocenters. The van der Waals surface area contributed by atoms with Crippen molar-refractivity contribution >= 4 is 28.2 Å². The van der Waals surface area contributed by atoms with Gasteiger partial charge in [-0.05, 0) is 31.4 Å². The maximum absolute atomic E-state index is 6.72. The molecule has 0 N–H and O–H groups in total. The second-order valence-electron chi connectivity index (χ2n) is 8.37. The quantitative estimate of drug-likeness (QED) is 0.661. The van der Waals surface area contributed by atoms with Crippen LogP contribution in [0.3, 0.4) is 0 Å². The van der Waals surface area contributed by atoms with Crippen molar-refractivity contribution in [3.8, 4) is 5.69 Å². The van der Waals surface area contributed by atoms with Gasteiger partial charge in [0.25, 0.3) is 0 Å². The van der Waals surface area contributed by atoms with Crippen molar-refractivity contribution in [3.05, 3.63) is 35.7 Å². The molecule has 3 aromatic rings. The molecule has 1 aliphatic carbocycles. The molecular formula is C21H25ClN6O. The number of hydrogen-bond acceptors (Lipinski definition) is 5. The van der Waals surface area contributed by atoms with Gasteiger partial charge in [0.2, 0.25) is 0 Å². The third-order valence-electron chi connectivity index (χ3n) is 6.45. The van der Waals surface area contributed by atoms with Crippen LogP contribution in [0.1, 0.15) is 25.3 Å². The van der Waals surface area contributed by atoms with Gasteiger partial charge in [-0.3, -0.25) is 9.58 Å². The van der Waals surface area contributed by atoms with Gasteiger partial charge in [0.05, 0.1) is 47.5 Å². The number of aromatic nitrogens is 4. The summed E-state index contributed by atoms with van der Waals surface area (Å²) in [5.41, 5.74) is 3.18. The summed E-state index contributed by atoms with van der Waals surface area (Å²) in [7, 11) is 0. The van der Waals surface area contributed by atoms with Gasteiger partial charge >= 0.3 is 0 Å². The predicted molar refractivity (Wildman–Crippen MR) is 113 cm³/mol. The SMILES string of the molecule is Clc1cc2cnn(-c3cnn(C4CC4)c3)c2cc1N1CCN2CCOCC[C@@H]2C1. The van der Waals surface area contributed by atoms with Gasteiger partial charge in [-0.15, -0.1) is 0 Å². The Bertz CT molecular complexity index is 1040. The average Bonchev–Trinajstić information content (AvgIpc) is 3.40. The highest BCUT2D eigenvalue weighted by Crippen LogP contribution is 2.36. The van der Waals surface area contributed by atoms with E-state index in [1.54, 1.807) is 0 Å². The number of hydrogen-bond donors (Lipinski definition) is 0. The molecule has 2 saturated heterocycles. The number of ether oxygens (including phenoxy) is 1. The lowest BCUT2D eigenvalue weighted by Gasteiger charge is -2.41. The number of piperazine rings is 1. The summed E-state index contributed by atoms with van der Waals surface area (Å²) < 4.78 is 9.73. The molecule has 4 heterocycles. The molecule has 8 heteroatoms. The molecule has 7 nitrogen and oxygen atoms in total. The molecule has 1 atom stereocenters. The number of benzene rings is 1. The van der Waals surface area contributed by atoms with Crippen LogP contribution in [0.2, 0.25) is 5.02 Å². The molecule has 0 radical (unpaired) electrons. The van der Waals surface area contributed by atoms with E-state index in [0.29, 0.717) is 12.1 Å². The van der Waals surface area contributed by atoms with E-state index in [9.17, 15) is 0 Å². The van der Waals surface area contributed by atoms with Crippen LogP contribution in [-0.2, 0) is 4.74 Å². The lowest BCUT2D eigenvalue weighted by atomic mass is 10.1. The van der Waals surface area contributed by atoms with Crippen molar-refractivity contribution in [2.75, 3.05) is 44.3 Å². The molecule has 29 heavy (non-hydrogen) atoms. The Morgan fingerprint density at radius 2 is 1.90 bits per heavy atom. The largest absolute Gasteiger partial charge is 0.380 e. The van der Waals surface area contributed by atoms with Crippen LogP contribution in [0.25, 0.3) is 16.6 Å². The van der Waals surface area contributed by atoms with Crippen LogP contribution in [0.5, 0.6) is 0 Å². The third kappa shape index (κ3) is 3.21. The Morgan fingerprint density at radius 1 is 0.966 bits per heavy atom. The maximum atomic E-state index is 6.72. The van der Waals surface area contributed by atoms with Crippen molar-refractivity contribution in [3.63, 3.8) is 0 Å². The second-order valence-corrected chi connectivity index (χ2v) is 8.77. The fourth-order valence-corrected chi connectivity index (χ4v) is 4.93. The number of fused-ring (bicyclic) bond motifs is 2. The van der Waals surface area contributed by atoms with E-state index in [0.717, 1.165) is 73.1 Å². The maximum Gasteiger partial charge on any atom is 0.103 e. The van der Waals surface area contributed by atoms with Crippen molar-refractivity contribution in [1.82, 2.24) is 24.5 Å². The number of nitrogens with zero attached hydrogens (tertiary/aromatic N) is 6. The Morgan fingerprint density at radius 3 is 2.79 bits per heavy atom. The molecule has 1 aromatic carbocycles. The minimum absolute atomic E-state index is 0.527. The minimum atomic E-state index is 0.527. The lowest BCUT2D eigenvalue weighted by Crippen LogP contribution is -2.53. The predicted octanol–water partition coefficient (Wildman–Crippen LogP) is 3.12. The van der Waals surface area contributed by atoms with Crippen molar-refractivity contribution in [2.45, 2.75) is 31.3 Å². The summed E-state index contributed by atoms with van der Waals surface area (Å²) in [6.07, 6.45) is 9.42. The van der Waals surface area contributed by atoms with Gasteiger partial charge in [0, 0.05) is 44.2 Å². The lowest BCUT2D eigenvalue weighted by molar-refractivity contribution is 0.139. The Balaban J connectivity index is 1.34. The first-order valence-electron chi connectivity index (χ1n) is 10.5. The average molecular weight is 413 g/mol. The van der Waals surface area contributed by atoms with Gasteiger partial charge in [-0.1, -0.05) is 11.6 Å². The van der Waals surface area contributed by atoms with Gasteiger partial charge in [-0.2, -0.15) is 10.2 Å². The molecular weight excluding hydrogens is 388 g/mol. The number of rotatable bonds is 3. The fourth-order valence-electron chi connectivity index (χ4n) is 4.64. The molecule has 0 spiro atoms. The smallest absolute Gasteiger partial charge is 0.103 e. The summed E-state index contributed by atoms with van der Waals surface area (Å²) in [5.74, 6) is 0. The molecule has 152 valence electrons. The second kappa shape index (κ2) is 7.00. The molecule has 0 amide bonds. The van der Waals surface area contributed by atoms with Crippen molar-refractivity contribution < 1.29 is 4.74 Å². The zero-order chi connectivity index (χ0) is 19.4. The van der Waals surface area contributed by atoms with Gasteiger partial charge in [-0.25, -0.2) is 4.68 Å². The van der Waals surface area contributed by atoms with Crippen LogP contribution in [-0.4, -0.2) is 69.9 Å². The zero-order valence-electron chi connectivity index (χ0n) is 16.4. The van der Waals surface area contributed by atoms with Crippen molar-refractivity contribution in [2.24, 2.45) is 0 Å². The van der Waals surface area contributed by atoms with Gasteiger partial charge < -0.3 is 9.64 Å². The van der Waals surface area contributed by atoms with E-state index in [1.807, 2.05) is 23.1 Å². The summed E-state index contributed by atoms with van der Waals surface area (Å²) in [4.78, 5) is 4.99. The molecule has 1 saturated carbocycles. The topological polar surface area (TPSA) is 51.4 Å². The minimum Gasteiger partial charge on any atom is -0.380 e. The number of halogens is 1. The van der Waals surface area contributed by atoms with Crippen LogP contribution >= 0.6 is 11.6 Å². The summed E-state index contributed by atoms with van der Waals surface area (Å²) >= 11 is 6.72. The van der Waals surface area contributed by atoms with Crippen LogP contribution < -0.4 is 4.90 Å². The third-order valence-corrected chi connectivity index (χ3v) is 6.76. The van der Waals surface area contributed by atoms with E-state index in [2.05, 4.69) is 36.9 Å². The molecule has 3 aliphatic rings. The Kier molecular flexibility index (Phi) is 4.29. The van der Waals surface area contributed by atoms with E-state index >= 15 is 0 Å². The highest BCUT2D eigenvalue weighted by molar-refractivity contribution is 6.34.